The van der Waals surface area contributed by atoms with Crippen LogP contribution in [0.4, 0.5) is 5.82 Å². The number of benzene rings is 2. The zero-order valence-corrected chi connectivity index (χ0v) is 15.8. The summed E-state index contributed by atoms with van der Waals surface area (Å²) in [5, 5.41) is 13.4. The van der Waals surface area contributed by atoms with Gasteiger partial charge in [-0.1, -0.05) is 41.9 Å². The van der Waals surface area contributed by atoms with Crippen molar-refractivity contribution in [3.05, 3.63) is 70.4 Å². The number of carbonyl (C=O) groups excluding carboxylic acids is 1. The van der Waals surface area contributed by atoms with Gasteiger partial charge in [-0.2, -0.15) is 0 Å². The van der Waals surface area contributed by atoms with Gasteiger partial charge in [-0.05, 0) is 34.1 Å². The number of hydrogen-bond acceptors (Lipinski definition) is 7. The van der Waals surface area contributed by atoms with Gasteiger partial charge in [0.15, 0.2) is 0 Å². The maximum Gasteiger partial charge on any atom is 0.277 e. The standard InChI is InChI=1S/C19H20ClN5O3/c20-16-7-2-1-5-14(16)12-27-15-6-3-4-13(10-15)11-22-8-9-23-19(26)17-18(21)25-28-24-17/h1-7,10,22H,8-9,11-12H2,(H2,21,25)(H,23,26). The lowest BCUT2D eigenvalue weighted by Gasteiger charge is -2.10. The van der Waals surface area contributed by atoms with Gasteiger partial charge in [-0.3, -0.25) is 4.79 Å². The van der Waals surface area contributed by atoms with Crippen LogP contribution < -0.4 is 21.1 Å². The first-order valence-electron chi connectivity index (χ1n) is 8.65. The first-order valence-corrected chi connectivity index (χ1v) is 9.03. The van der Waals surface area contributed by atoms with Crippen LogP contribution in [0.15, 0.2) is 53.2 Å². The van der Waals surface area contributed by atoms with Crippen LogP contribution in [0.3, 0.4) is 0 Å². The van der Waals surface area contributed by atoms with E-state index in [2.05, 4.69) is 25.6 Å². The fourth-order valence-electron chi connectivity index (χ4n) is 2.46. The third-order valence-electron chi connectivity index (χ3n) is 3.90. The average Bonchev–Trinajstić information content (AvgIpc) is 3.13. The molecule has 2 aromatic carbocycles. The van der Waals surface area contributed by atoms with Gasteiger partial charge in [-0.25, -0.2) is 4.63 Å². The van der Waals surface area contributed by atoms with Gasteiger partial charge in [-0.15, -0.1) is 0 Å². The first-order chi connectivity index (χ1) is 13.6. The quantitative estimate of drug-likeness (QED) is 0.471. The Morgan fingerprint density at radius 2 is 2.00 bits per heavy atom. The van der Waals surface area contributed by atoms with E-state index in [1.807, 2.05) is 48.5 Å². The predicted octanol–water partition coefficient (Wildman–Crippen LogP) is 2.40. The van der Waals surface area contributed by atoms with Gasteiger partial charge in [0.05, 0.1) is 0 Å². The average molecular weight is 402 g/mol. The number of nitrogens with zero attached hydrogens (tertiary/aromatic N) is 2. The summed E-state index contributed by atoms with van der Waals surface area (Å²) in [5.41, 5.74) is 7.46. The van der Waals surface area contributed by atoms with Gasteiger partial charge in [0.25, 0.3) is 5.91 Å². The van der Waals surface area contributed by atoms with Crippen molar-refractivity contribution >= 4 is 23.3 Å². The minimum absolute atomic E-state index is 0.0108. The molecule has 0 aliphatic heterocycles. The third kappa shape index (κ3) is 5.45. The molecule has 0 aliphatic carbocycles. The molecule has 4 N–H and O–H groups in total. The number of rotatable bonds is 9. The number of carbonyl (C=O) groups is 1. The lowest BCUT2D eigenvalue weighted by atomic mass is 10.2. The summed E-state index contributed by atoms with van der Waals surface area (Å²) in [6.07, 6.45) is 0. The van der Waals surface area contributed by atoms with E-state index in [1.54, 1.807) is 0 Å². The normalized spacial score (nSPS) is 10.6. The highest BCUT2D eigenvalue weighted by Gasteiger charge is 2.14. The number of ether oxygens (including phenoxy) is 1. The number of nitrogens with two attached hydrogens (primary N) is 1. The van der Waals surface area contributed by atoms with E-state index in [9.17, 15) is 4.79 Å². The number of nitrogens with one attached hydrogen (secondary N) is 2. The Morgan fingerprint density at radius 1 is 1.14 bits per heavy atom. The molecule has 28 heavy (non-hydrogen) atoms. The number of hydrogen-bond donors (Lipinski definition) is 3. The van der Waals surface area contributed by atoms with E-state index in [4.69, 9.17) is 22.1 Å². The van der Waals surface area contributed by atoms with E-state index < -0.39 is 5.91 Å². The highest BCUT2D eigenvalue weighted by Crippen LogP contribution is 2.19. The number of halogens is 1. The van der Waals surface area contributed by atoms with E-state index in [1.165, 1.54) is 0 Å². The maximum absolute atomic E-state index is 11.8. The van der Waals surface area contributed by atoms with E-state index >= 15 is 0 Å². The van der Waals surface area contributed by atoms with E-state index in [0.29, 0.717) is 31.3 Å². The van der Waals surface area contributed by atoms with Crippen molar-refractivity contribution in [1.82, 2.24) is 20.9 Å². The fourth-order valence-corrected chi connectivity index (χ4v) is 2.65. The smallest absolute Gasteiger partial charge is 0.277 e. The van der Waals surface area contributed by atoms with Gasteiger partial charge in [0.2, 0.25) is 11.5 Å². The molecule has 0 radical (unpaired) electrons. The summed E-state index contributed by atoms with van der Waals surface area (Å²) in [6, 6.07) is 15.4. The van der Waals surface area contributed by atoms with E-state index in [0.717, 1.165) is 16.9 Å². The molecule has 0 saturated heterocycles. The zero-order chi connectivity index (χ0) is 19.8. The first kappa shape index (κ1) is 19.7. The molecule has 0 bridgehead atoms. The van der Waals surface area contributed by atoms with Crippen molar-refractivity contribution in [1.29, 1.82) is 0 Å². The second-order valence-corrected chi connectivity index (χ2v) is 6.37. The van der Waals surface area contributed by atoms with Crippen molar-refractivity contribution in [2.45, 2.75) is 13.2 Å². The lowest BCUT2D eigenvalue weighted by molar-refractivity contribution is 0.0944. The Labute approximate surface area is 167 Å². The van der Waals surface area contributed by atoms with Crippen molar-refractivity contribution in [2.75, 3.05) is 18.8 Å². The molecule has 0 saturated carbocycles. The van der Waals surface area contributed by atoms with Crippen molar-refractivity contribution in [3.8, 4) is 5.75 Å². The van der Waals surface area contributed by atoms with Gasteiger partial charge >= 0.3 is 0 Å². The zero-order valence-electron chi connectivity index (χ0n) is 15.0. The monoisotopic (exact) mass is 401 g/mol. The highest BCUT2D eigenvalue weighted by atomic mass is 35.5. The Bertz CT molecular complexity index is 931. The lowest BCUT2D eigenvalue weighted by Crippen LogP contribution is -2.32. The Balaban J connectivity index is 1.40. The van der Waals surface area contributed by atoms with Crippen molar-refractivity contribution in [3.63, 3.8) is 0 Å². The van der Waals surface area contributed by atoms with Gasteiger partial charge in [0.1, 0.15) is 12.4 Å². The van der Waals surface area contributed by atoms with Crippen LogP contribution in [0.25, 0.3) is 0 Å². The molecule has 0 aliphatic rings. The molecule has 0 fully saturated rings. The second kappa shape index (κ2) is 9.72. The summed E-state index contributed by atoms with van der Waals surface area (Å²) in [6.45, 7) is 2.02. The summed E-state index contributed by atoms with van der Waals surface area (Å²) in [4.78, 5) is 11.8. The molecule has 0 unspecified atom stereocenters. The molecule has 3 aromatic rings. The molecule has 1 amide bonds. The molecular formula is C19H20ClN5O3. The largest absolute Gasteiger partial charge is 0.489 e. The second-order valence-electron chi connectivity index (χ2n) is 5.96. The SMILES string of the molecule is Nc1nonc1C(=O)NCCNCc1cccc(OCc2ccccc2Cl)c1. The molecule has 0 atom stereocenters. The maximum atomic E-state index is 11.8. The van der Waals surface area contributed by atoms with Crippen LogP contribution in [-0.4, -0.2) is 29.3 Å². The fraction of sp³-hybridized carbons (Fsp3) is 0.211. The summed E-state index contributed by atoms with van der Waals surface area (Å²) in [5.74, 6) is 0.316. The van der Waals surface area contributed by atoms with E-state index in [-0.39, 0.29) is 11.5 Å². The Hall–Kier alpha value is -3.10. The Morgan fingerprint density at radius 3 is 2.79 bits per heavy atom. The minimum atomic E-state index is -0.421. The van der Waals surface area contributed by atoms with Crippen LogP contribution >= 0.6 is 11.6 Å². The van der Waals surface area contributed by atoms with Crippen molar-refractivity contribution in [2.24, 2.45) is 0 Å². The van der Waals surface area contributed by atoms with Gasteiger partial charge in [0, 0.05) is 30.2 Å². The minimum Gasteiger partial charge on any atom is -0.489 e. The number of anilines is 1. The third-order valence-corrected chi connectivity index (χ3v) is 4.26. The molecular weight excluding hydrogens is 382 g/mol. The van der Waals surface area contributed by atoms with Crippen LogP contribution in [-0.2, 0) is 13.2 Å². The Kier molecular flexibility index (Phi) is 6.83. The summed E-state index contributed by atoms with van der Waals surface area (Å²) in [7, 11) is 0. The number of nitrogen functional groups attached to an aromatic ring is 1. The molecule has 8 nitrogen and oxygen atoms in total. The predicted molar refractivity (Wildman–Crippen MR) is 105 cm³/mol. The van der Waals surface area contributed by atoms with Crippen LogP contribution in [0.5, 0.6) is 5.75 Å². The molecule has 3 rings (SSSR count). The topological polar surface area (TPSA) is 115 Å². The van der Waals surface area contributed by atoms with Crippen LogP contribution in [0, 0.1) is 0 Å². The highest BCUT2D eigenvalue weighted by molar-refractivity contribution is 6.31. The number of amides is 1. The van der Waals surface area contributed by atoms with Crippen LogP contribution in [0.1, 0.15) is 21.6 Å². The summed E-state index contributed by atoms with van der Waals surface area (Å²) < 4.78 is 10.2. The number of aromatic nitrogens is 2. The molecule has 1 aromatic heterocycles. The molecule has 0 spiro atoms. The van der Waals surface area contributed by atoms with Crippen LogP contribution in [0.2, 0.25) is 5.02 Å². The van der Waals surface area contributed by atoms with Crippen molar-refractivity contribution < 1.29 is 14.2 Å². The van der Waals surface area contributed by atoms with Gasteiger partial charge < -0.3 is 21.1 Å². The molecule has 146 valence electrons. The molecule has 9 heteroatoms. The summed E-state index contributed by atoms with van der Waals surface area (Å²) >= 11 is 6.14. The molecule has 1 heterocycles.